The minimum absolute atomic E-state index is 0.390. The lowest BCUT2D eigenvalue weighted by molar-refractivity contribution is -0.0386. The maximum atomic E-state index is 6.08. The Morgan fingerprint density at radius 1 is 1.27 bits per heavy atom. The first-order valence-electron chi connectivity index (χ1n) is 6.42. The summed E-state index contributed by atoms with van der Waals surface area (Å²) < 4.78 is 6.08. The second-order valence-corrected chi connectivity index (χ2v) is 5.96. The topological polar surface area (TPSA) is 21.3 Å². The van der Waals surface area contributed by atoms with Crippen LogP contribution in [0.2, 0.25) is 0 Å². The van der Waals surface area contributed by atoms with E-state index in [-0.39, 0.29) is 0 Å². The Balaban J connectivity index is 1.89. The maximum Gasteiger partial charge on any atom is 0.0733 e. The van der Waals surface area contributed by atoms with Crippen LogP contribution in [0.15, 0.2) is 0 Å². The van der Waals surface area contributed by atoms with Gasteiger partial charge in [-0.25, -0.2) is 0 Å². The van der Waals surface area contributed by atoms with Crippen molar-refractivity contribution in [3.63, 3.8) is 0 Å². The van der Waals surface area contributed by atoms with Gasteiger partial charge in [-0.3, -0.25) is 0 Å². The molecule has 0 saturated heterocycles. The number of nitrogens with one attached hydrogen (secondary N) is 1. The molecule has 1 N–H and O–H groups in total. The van der Waals surface area contributed by atoms with Crippen LogP contribution in [-0.4, -0.2) is 25.8 Å². The van der Waals surface area contributed by atoms with Crippen molar-refractivity contribution in [3.05, 3.63) is 0 Å². The smallest absolute Gasteiger partial charge is 0.0733 e. The van der Waals surface area contributed by atoms with Gasteiger partial charge in [-0.1, -0.05) is 20.3 Å². The summed E-state index contributed by atoms with van der Waals surface area (Å²) in [6.07, 6.45) is 7.10. The highest BCUT2D eigenvalue weighted by Crippen LogP contribution is 2.38. The van der Waals surface area contributed by atoms with E-state index in [0.29, 0.717) is 17.6 Å². The fourth-order valence-electron chi connectivity index (χ4n) is 2.88. The maximum absolute atomic E-state index is 6.08. The molecule has 0 aromatic rings. The van der Waals surface area contributed by atoms with E-state index >= 15 is 0 Å². The predicted octanol–water partition coefficient (Wildman–Crippen LogP) is 2.58. The van der Waals surface area contributed by atoms with Crippen molar-refractivity contribution in [2.75, 3.05) is 13.7 Å². The van der Waals surface area contributed by atoms with E-state index in [1.165, 1.54) is 32.1 Å². The molecule has 0 heterocycles. The van der Waals surface area contributed by atoms with Gasteiger partial charge in [0.2, 0.25) is 0 Å². The lowest BCUT2D eigenvalue weighted by Gasteiger charge is -2.43. The molecule has 2 fully saturated rings. The van der Waals surface area contributed by atoms with E-state index in [9.17, 15) is 0 Å². The summed E-state index contributed by atoms with van der Waals surface area (Å²) in [6.45, 7) is 5.72. The standard InChI is InChI=1S/C13H25NO/c1-13(2)8-4-5-11(12(13)14-3)15-9-10-6-7-10/h10-12,14H,4-9H2,1-3H3. The number of hydrogen-bond acceptors (Lipinski definition) is 2. The van der Waals surface area contributed by atoms with Gasteiger partial charge in [0, 0.05) is 12.6 Å². The van der Waals surface area contributed by atoms with E-state index in [0.717, 1.165) is 12.5 Å². The summed E-state index contributed by atoms with van der Waals surface area (Å²) in [5.74, 6) is 0.882. The molecule has 0 spiro atoms. The lowest BCUT2D eigenvalue weighted by atomic mass is 9.72. The molecule has 2 nitrogen and oxygen atoms in total. The predicted molar refractivity (Wildman–Crippen MR) is 62.9 cm³/mol. The van der Waals surface area contributed by atoms with Crippen LogP contribution < -0.4 is 5.32 Å². The highest BCUT2D eigenvalue weighted by molar-refractivity contribution is 4.93. The Labute approximate surface area is 93.8 Å². The Morgan fingerprint density at radius 2 is 2.00 bits per heavy atom. The second kappa shape index (κ2) is 4.42. The molecular formula is C13H25NO. The molecule has 2 atom stereocenters. The fraction of sp³-hybridized carbons (Fsp3) is 1.00. The van der Waals surface area contributed by atoms with Crippen LogP contribution in [0.4, 0.5) is 0 Å². The Kier molecular flexibility index (Phi) is 3.36. The van der Waals surface area contributed by atoms with Crippen LogP contribution in [0.3, 0.4) is 0 Å². The summed E-state index contributed by atoms with van der Waals surface area (Å²) >= 11 is 0. The van der Waals surface area contributed by atoms with Gasteiger partial charge < -0.3 is 10.1 Å². The number of rotatable bonds is 4. The molecule has 0 radical (unpaired) electrons. The van der Waals surface area contributed by atoms with Crippen LogP contribution in [0.5, 0.6) is 0 Å². The third-order valence-corrected chi connectivity index (χ3v) is 4.08. The first-order chi connectivity index (χ1) is 7.13. The fourth-order valence-corrected chi connectivity index (χ4v) is 2.88. The minimum Gasteiger partial charge on any atom is -0.376 e. The SMILES string of the molecule is CNC1C(OCC2CC2)CCCC1(C)C. The summed E-state index contributed by atoms with van der Waals surface area (Å²) in [5.41, 5.74) is 0.390. The van der Waals surface area contributed by atoms with Gasteiger partial charge in [0.25, 0.3) is 0 Å². The van der Waals surface area contributed by atoms with Gasteiger partial charge in [0.15, 0.2) is 0 Å². The van der Waals surface area contributed by atoms with Gasteiger partial charge in [-0.05, 0) is 44.1 Å². The zero-order chi connectivity index (χ0) is 10.9. The molecule has 2 saturated carbocycles. The Morgan fingerprint density at radius 3 is 2.60 bits per heavy atom. The molecule has 0 aromatic heterocycles. The molecule has 0 aromatic carbocycles. The third-order valence-electron chi connectivity index (χ3n) is 4.08. The largest absolute Gasteiger partial charge is 0.376 e. The quantitative estimate of drug-likeness (QED) is 0.771. The van der Waals surface area contributed by atoms with Gasteiger partial charge in [0.05, 0.1) is 6.10 Å². The van der Waals surface area contributed by atoms with E-state index in [2.05, 4.69) is 26.2 Å². The van der Waals surface area contributed by atoms with E-state index in [1.54, 1.807) is 0 Å². The van der Waals surface area contributed by atoms with Crippen molar-refractivity contribution in [2.24, 2.45) is 11.3 Å². The molecule has 2 aliphatic carbocycles. The minimum atomic E-state index is 0.390. The molecule has 2 heteroatoms. The van der Waals surface area contributed by atoms with Crippen LogP contribution in [0.1, 0.15) is 46.0 Å². The second-order valence-electron chi connectivity index (χ2n) is 5.96. The molecule has 88 valence electrons. The first kappa shape index (κ1) is 11.4. The van der Waals surface area contributed by atoms with Gasteiger partial charge >= 0.3 is 0 Å². The highest BCUT2D eigenvalue weighted by atomic mass is 16.5. The lowest BCUT2D eigenvalue weighted by Crippen LogP contribution is -2.52. The highest BCUT2D eigenvalue weighted by Gasteiger charge is 2.39. The number of hydrogen-bond donors (Lipinski definition) is 1. The average Bonchev–Trinajstić information content (AvgIpc) is 2.96. The monoisotopic (exact) mass is 211 g/mol. The van der Waals surface area contributed by atoms with Crippen LogP contribution >= 0.6 is 0 Å². The molecule has 2 aliphatic rings. The van der Waals surface area contributed by atoms with Gasteiger partial charge in [-0.2, -0.15) is 0 Å². The van der Waals surface area contributed by atoms with E-state index < -0.39 is 0 Å². The van der Waals surface area contributed by atoms with Crippen LogP contribution in [-0.2, 0) is 4.74 Å². The molecule has 0 aliphatic heterocycles. The average molecular weight is 211 g/mol. The molecule has 15 heavy (non-hydrogen) atoms. The number of likely N-dealkylation sites (N-methyl/N-ethyl adjacent to an activating group) is 1. The van der Waals surface area contributed by atoms with Gasteiger partial charge in [0.1, 0.15) is 0 Å². The summed E-state index contributed by atoms with van der Waals surface area (Å²) in [4.78, 5) is 0. The molecular weight excluding hydrogens is 186 g/mol. The van der Waals surface area contributed by atoms with Crippen molar-refractivity contribution in [1.82, 2.24) is 5.32 Å². The van der Waals surface area contributed by atoms with Crippen LogP contribution in [0, 0.1) is 11.3 Å². The normalized spacial score (nSPS) is 35.4. The molecule has 0 amide bonds. The number of ether oxygens (including phenoxy) is 1. The zero-order valence-corrected chi connectivity index (χ0v) is 10.4. The molecule has 0 bridgehead atoms. The third kappa shape index (κ3) is 2.73. The Hall–Kier alpha value is -0.0800. The first-order valence-corrected chi connectivity index (χ1v) is 6.42. The van der Waals surface area contributed by atoms with Crippen LogP contribution in [0.25, 0.3) is 0 Å². The summed E-state index contributed by atoms with van der Waals surface area (Å²) in [6, 6.07) is 0.532. The van der Waals surface area contributed by atoms with Crippen molar-refractivity contribution in [1.29, 1.82) is 0 Å². The zero-order valence-electron chi connectivity index (χ0n) is 10.4. The van der Waals surface area contributed by atoms with Crippen molar-refractivity contribution < 1.29 is 4.74 Å². The summed E-state index contributed by atoms with van der Waals surface area (Å²) in [5, 5.41) is 3.46. The van der Waals surface area contributed by atoms with E-state index in [1.807, 2.05) is 0 Å². The van der Waals surface area contributed by atoms with Crippen molar-refractivity contribution in [3.8, 4) is 0 Å². The van der Waals surface area contributed by atoms with E-state index in [4.69, 9.17) is 4.74 Å². The molecule has 2 rings (SSSR count). The van der Waals surface area contributed by atoms with Gasteiger partial charge in [-0.15, -0.1) is 0 Å². The van der Waals surface area contributed by atoms with Crippen molar-refractivity contribution in [2.45, 2.75) is 58.1 Å². The molecule has 2 unspecified atom stereocenters. The Bertz CT molecular complexity index is 211. The summed E-state index contributed by atoms with van der Waals surface area (Å²) in [7, 11) is 2.07. The van der Waals surface area contributed by atoms with Crippen molar-refractivity contribution >= 4 is 0 Å².